The average Bonchev–Trinajstić information content (AvgIpc) is 2.62. The molecule has 0 fully saturated rings. The molecule has 2 aromatic rings. The molecule has 0 saturated heterocycles. The van der Waals surface area contributed by atoms with E-state index in [2.05, 4.69) is 67.4 Å². The topological polar surface area (TPSA) is 27.6 Å². The van der Waals surface area contributed by atoms with Gasteiger partial charge in [-0.1, -0.05) is 57.2 Å². The zero-order valence-electron chi connectivity index (χ0n) is 15.1. The van der Waals surface area contributed by atoms with E-state index in [0.717, 1.165) is 49.7 Å². The highest BCUT2D eigenvalue weighted by Gasteiger charge is 2.11. The van der Waals surface area contributed by atoms with E-state index in [4.69, 9.17) is 4.99 Å². The summed E-state index contributed by atoms with van der Waals surface area (Å²) in [6.07, 6.45) is 3.19. The van der Waals surface area contributed by atoms with E-state index < -0.39 is 0 Å². The van der Waals surface area contributed by atoms with Crippen LogP contribution < -0.4 is 5.32 Å². The number of hydrogen-bond acceptors (Lipinski definition) is 1. The van der Waals surface area contributed by atoms with Gasteiger partial charge in [-0.25, -0.2) is 4.99 Å². The van der Waals surface area contributed by atoms with E-state index in [1.807, 2.05) is 18.2 Å². The van der Waals surface area contributed by atoms with Crippen molar-refractivity contribution in [1.29, 1.82) is 0 Å². The largest absolute Gasteiger partial charge is 0.342 e. The summed E-state index contributed by atoms with van der Waals surface area (Å²) in [4.78, 5) is 7.34. The van der Waals surface area contributed by atoms with Gasteiger partial charge >= 0.3 is 0 Å². The van der Waals surface area contributed by atoms with Gasteiger partial charge in [-0.2, -0.15) is 0 Å². The Morgan fingerprint density at radius 1 is 0.875 bits per heavy atom. The van der Waals surface area contributed by atoms with Crippen molar-refractivity contribution in [2.45, 2.75) is 40.0 Å². The van der Waals surface area contributed by atoms with Crippen molar-refractivity contribution >= 4 is 17.3 Å². The van der Waals surface area contributed by atoms with Gasteiger partial charge in [-0.15, -0.1) is 0 Å². The smallest absolute Gasteiger partial charge is 0.203 e. The fourth-order valence-corrected chi connectivity index (χ4v) is 2.72. The van der Waals surface area contributed by atoms with Crippen molar-refractivity contribution in [3.63, 3.8) is 0 Å². The molecule has 0 amide bonds. The normalized spacial score (nSPS) is 11.4. The molecule has 0 aliphatic heterocycles. The lowest BCUT2D eigenvalue weighted by molar-refractivity contribution is 0.416. The van der Waals surface area contributed by atoms with Crippen molar-refractivity contribution in [3.05, 3.63) is 60.2 Å². The summed E-state index contributed by atoms with van der Waals surface area (Å²) in [5.41, 5.74) is 3.40. The van der Waals surface area contributed by atoms with Crippen molar-refractivity contribution in [2.75, 3.05) is 18.4 Å². The average molecular weight is 323 g/mol. The Morgan fingerprint density at radius 2 is 1.50 bits per heavy atom. The molecule has 0 bridgehead atoms. The van der Waals surface area contributed by atoms with Crippen LogP contribution in [0.4, 0.5) is 11.4 Å². The van der Waals surface area contributed by atoms with E-state index in [1.165, 1.54) is 5.56 Å². The first kappa shape index (κ1) is 18.1. The van der Waals surface area contributed by atoms with Crippen LogP contribution in [0.25, 0.3) is 0 Å². The number of aliphatic imine (C=N–C) groups is 1. The summed E-state index contributed by atoms with van der Waals surface area (Å²) < 4.78 is 0. The lowest BCUT2D eigenvalue weighted by Gasteiger charge is -2.26. The maximum absolute atomic E-state index is 4.99. The number of nitrogens with one attached hydrogen (secondary N) is 1. The first-order chi connectivity index (χ1) is 11.8. The predicted molar refractivity (Wildman–Crippen MR) is 105 cm³/mol. The van der Waals surface area contributed by atoms with Gasteiger partial charge in [0.1, 0.15) is 0 Å². The van der Waals surface area contributed by atoms with E-state index in [1.54, 1.807) is 0 Å². The molecule has 128 valence electrons. The Hall–Kier alpha value is -2.29. The third-order valence-corrected chi connectivity index (χ3v) is 3.92. The first-order valence-electron chi connectivity index (χ1n) is 9.02. The molecule has 0 atom stereocenters. The molecule has 0 aliphatic carbocycles. The Kier molecular flexibility index (Phi) is 7.34. The van der Waals surface area contributed by atoms with Gasteiger partial charge in [0, 0.05) is 18.8 Å². The van der Waals surface area contributed by atoms with Gasteiger partial charge in [0.05, 0.1) is 5.69 Å². The maximum atomic E-state index is 4.99. The number of guanidine groups is 1. The highest BCUT2D eigenvalue weighted by Crippen LogP contribution is 2.20. The van der Waals surface area contributed by atoms with Crippen LogP contribution in [0.3, 0.4) is 0 Å². The summed E-state index contributed by atoms with van der Waals surface area (Å²) in [6.45, 7) is 8.60. The number of aryl methyl sites for hydroxylation is 1. The van der Waals surface area contributed by atoms with Gasteiger partial charge in [-0.05, 0) is 43.0 Å². The minimum atomic E-state index is 0.936. The van der Waals surface area contributed by atoms with E-state index in [9.17, 15) is 0 Å². The second-order valence-electron chi connectivity index (χ2n) is 5.90. The summed E-state index contributed by atoms with van der Waals surface area (Å²) in [7, 11) is 0. The molecule has 0 heterocycles. The summed E-state index contributed by atoms with van der Waals surface area (Å²) >= 11 is 0. The SMILES string of the molecule is CCCN(CCC)C(=Nc1ccccc1CC)Nc1ccccc1. The van der Waals surface area contributed by atoms with Crippen LogP contribution in [-0.4, -0.2) is 23.9 Å². The molecule has 2 aromatic carbocycles. The van der Waals surface area contributed by atoms with E-state index in [0.29, 0.717) is 0 Å². The molecular weight excluding hydrogens is 294 g/mol. The van der Waals surface area contributed by atoms with Crippen molar-refractivity contribution in [1.82, 2.24) is 4.90 Å². The van der Waals surface area contributed by atoms with Crippen LogP contribution in [0.1, 0.15) is 39.2 Å². The van der Waals surface area contributed by atoms with Crippen molar-refractivity contribution in [2.24, 2.45) is 4.99 Å². The lowest BCUT2D eigenvalue weighted by atomic mass is 10.1. The number of rotatable bonds is 7. The number of anilines is 1. The van der Waals surface area contributed by atoms with Crippen LogP contribution >= 0.6 is 0 Å². The first-order valence-corrected chi connectivity index (χ1v) is 9.02. The number of hydrogen-bond donors (Lipinski definition) is 1. The minimum absolute atomic E-state index is 0.936. The maximum Gasteiger partial charge on any atom is 0.203 e. The van der Waals surface area contributed by atoms with Crippen LogP contribution in [0, 0.1) is 0 Å². The van der Waals surface area contributed by atoms with Gasteiger partial charge < -0.3 is 10.2 Å². The van der Waals surface area contributed by atoms with Crippen LogP contribution in [0.5, 0.6) is 0 Å². The summed E-state index contributed by atoms with van der Waals surface area (Å²) in [5.74, 6) is 0.936. The predicted octanol–water partition coefficient (Wildman–Crippen LogP) is 5.47. The summed E-state index contributed by atoms with van der Waals surface area (Å²) in [5, 5.41) is 3.52. The van der Waals surface area contributed by atoms with E-state index >= 15 is 0 Å². The third kappa shape index (κ3) is 5.12. The molecule has 0 spiro atoms. The number of benzene rings is 2. The Bertz CT molecular complexity index is 629. The Morgan fingerprint density at radius 3 is 2.12 bits per heavy atom. The number of nitrogens with zero attached hydrogens (tertiary/aromatic N) is 2. The molecule has 1 N–H and O–H groups in total. The molecule has 24 heavy (non-hydrogen) atoms. The van der Waals surface area contributed by atoms with Crippen molar-refractivity contribution < 1.29 is 0 Å². The van der Waals surface area contributed by atoms with Crippen LogP contribution in [0.2, 0.25) is 0 Å². The quantitative estimate of drug-likeness (QED) is 0.540. The minimum Gasteiger partial charge on any atom is -0.342 e. The molecule has 3 heteroatoms. The van der Waals surface area contributed by atoms with Gasteiger partial charge in [0.15, 0.2) is 0 Å². The fraction of sp³-hybridized carbons (Fsp3) is 0.381. The van der Waals surface area contributed by atoms with Crippen molar-refractivity contribution in [3.8, 4) is 0 Å². The molecule has 0 unspecified atom stereocenters. The zero-order valence-corrected chi connectivity index (χ0v) is 15.1. The molecular formula is C21H29N3. The fourth-order valence-electron chi connectivity index (χ4n) is 2.72. The van der Waals surface area contributed by atoms with Crippen LogP contribution in [0.15, 0.2) is 59.6 Å². The Labute approximate surface area is 146 Å². The molecule has 0 aliphatic rings. The number of para-hydroxylation sites is 2. The molecule has 3 nitrogen and oxygen atoms in total. The standard InChI is InChI=1S/C21H29N3/c1-4-16-24(17-5-2)21(22-19-13-8-7-9-14-19)23-20-15-11-10-12-18(20)6-3/h7-15H,4-6,16-17H2,1-3H3,(H,22,23). The van der Waals surface area contributed by atoms with Gasteiger partial charge in [0.2, 0.25) is 5.96 Å². The molecule has 2 rings (SSSR count). The highest BCUT2D eigenvalue weighted by molar-refractivity contribution is 5.95. The van der Waals surface area contributed by atoms with Gasteiger partial charge in [-0.3, -0.25) is 0 Å². The second-order valence-corrected chi connectivity index (χ2v) is 5.90. The van der Waals surface area contributed by atoms with E-state index in [-0.39, 0.29) is 0 Å². The highest BCUT2D eigenvalue weighted by atomic mass is 15.3. The molecule has 0 aromatic heterocycles. The monoisotopic (exact) mass is 323 g/mol. The molecule has 0 saturated carbocycles. The second kappa shape index (κ2) is 9.76. The van der Waals surface area contributed by atoms with Gasteiger partial charge in [0.25, 0.3) is 0 Å². The van der Waals surface area contributed by atoms with Crippen LogP contribution in [-0.2, 0) is 6.42 Å². The lowest BCUT2D eigenvalue weighted by Crippen LogP contribution is -2.37. The summed E-state index contributed by atoms with van der Waals surface area (Å²) in [6, 6.07) is 18.7. The molecule has 0 radical (unpaired) electrons. The zero-order chi connectivity index (χ0) is 17.2. The Balaban J connectivity index is 2.38. The third-order valence-electron chi connectivity index (χ3n) is 3.92.